The van der Waals surface area contributed by atoms with Gasteiger partial charge in [0, 0.05) is 18.7 Å². The van der Waals surface area contributed by atoms with Crippen LogP contribution in [0.2, 0.25) is 0 Å². The number of ether oxygens (including phenoxy) is 1. The average Bonchev–Trinajstić information content (AvgIpc) is 2.48. The van der Waals surface area contributed by atoms with E-state index in [-0.39, 0.29) is 18.9 Å². The minimum Gasteiger partial charge on any atom is -0.480 e. The molecule has 9 heteroatoms. The molecule has 0 radical (unpaired) electrons. The first-order valence-electron chi connectivity index (χ1n) is 7.00. The van der Waals surface area contributed by atoms with Crippen LogP contribution in [-0.4, -0.2) is 54.6 Å². The van der Waals surface area contributed by atoms with Gasteiger partial charge in [0.2, 0.25) is 11.8 Å². The number of carboxylic acids is 1. The normalized spacial score (nSPS) is 13.4. The number of hydrogen-bond donors (Lipinski definition) is 4. The van der Waals surface area contributed by atoms with Crippen molar-refractivity contribution in [3.05, 3.63) is 12.2 Å². The van der Waals surface area contributed by atoms with Crippen LogP contribution < -0.4 is 16.4 Å². The van der Waals surface area contributed by atoms with Crippen LogP contribution in [0.15, 0.2) is 12.2 Å². The molecule has 0 saturated carbocycles. The fraction of sp³-hybridized carbons (Fsp3) is 0.571. The smallest absolute Gasteiger partial charge is 0.330 e. The number of methoxy groups -OCH3 is 1. The first-order valence-corrected chi connectivity index (χ1v) is 7.00. The molecule has 0 rings (SSSR count). The summed E-state index contributed by atoms with van der Waals surface area (Å²) in [6, 6.07) is -2.15. The summed E-state index contributed by atoms with van der Waals surface area (Å²) in [5, 5.41) is 13.7. The molecule has 23 heavy (non-hydrogen) atoms. The lowest BCUT2D eigenvalue weighted by Gasteiger charge is -2.19. The van der Waals surface area contributed by atoms with Crippen molar-refractivity contribution in [2.24, 2.45) is 11.7 Å². The minimum absolute atomic E-state index is 0.0794. The van der Waals surface area contributed by atoms with Gasteiger partial charge in [-0.25, -0.2) is 9.59 Å². The van der Waals surface area contributed by atoms with Gasteiger partial charge in [-0.05, 0) is 12.3 Å². The van der Waals surface area contributed by atoms with Crippen LogP contribution in [0, 0.1) is 5.92 Å². The molecule has 0 saturated heterocycles. The summed E-state index contributed by atoms with van der Waals surface area (Å²) in [7, 11) is 1.17. The van der Waals surface area contributed by atoms with E-state index in [2.05, 4.69) is 15.4 Å². The molecule has 0 fully saturated rings. The van der Waals surface area contributed by atoms with Gasteiger partial charge < -0.3 is 26.2 Å². The lowest BCUT2D eigenvalue weighted by Crippen LogP contribution is -2.52. The van der Waals surface area contributed by atoms with Gasteiger partial charge in [0.05, 0.1) is 7.11 Å². The van der Waals surface area contributed by atoms with Crippen LogP contribution in [0.1, 0.15) is 20.3 Å². The van der Waals surface area contributed by atoms with Crippen molar-refractivity contribution in [1.29, 1.82) is 0 Å². The van der Waals surface area contributed by atoms with E-state index in [0.717, 1.165) is 12.2 Å². The van der Waals surface area contributed by atoms with E-state index < -0.39 is 35.8 Å². The van der Waals surface area contributed by atoms with E-state index in [4.69, 9.17) is 10.8 Å². The van der Waals surface area contributed by atoms with Crippen LogP contribution >= 0.6 is 0 Å². The highest BCUT2D eigenvalue weighted by atomic mass is 16.5. The van der Waals surface area contributed by atoms with E-state index in [1.54, 1.807) is 0 Å². The second-order valence-electron chi connectivity index (χ2n) is 5.24. The third-order valence-corrected chi connectivity index (χ3v) is 2.73. The van der Waals surface area contributed by atoms with E-state index >= 15 is 0 Å². The second-order valence-corrected chi connectivity index (χ2v) is 5.24. The molecule has 0 bridgehead atoms. The van der Waals surface area contributed by atoms with Crippen LogP contribution in [0.4, 0.5) is 0 Å². The van der Waals surface area contributed by atoms with Crippen molar-refractivity contribution in [2.45, 2.75) is 32.4 Å². The Morgan fingerprint density at radius 3 is 2.30 bits per heavy atom. The summed E-state index contributed by atoms with van der Waals surface area (Å²) >= 11 is 0. The van der Waals surface area contributed by atoms with Crippen LogP contribution in [0.5, 0.6) is 0 Å². The predicted octanol–water partition coefficient (Wildman–Crippen LogP) is -1.23. The van der Waals surface area contributed by atoms with Crippen molar-refractivity contribution in [3.63, 3.8) is 0 Å². The number of carbonyl (C=O) groups is 4. The Kier molecular flexibility index (Phi) is 9.24. The van der Waals surface area contributed by atoms with Crippen molar-refractivity contribution in [1.82, 2.24) is 10.6 Å². The molecule has 0 spiro atoms. The van der Waals surface area contributed by atoms with Crippen LogP contribution in [-0.2, 0) is 23.9 Å². The van der Waals surface area contributed by atoms with Gasteiger partial charge in [-0.1, -0.05) is 13.8 Å². The first kappa shape index (κ1) is 20.6. The number of rotatable bonds is 9. The fourth-order valence-electron chi connectivity index (χ4n) is 1.55. The summed E-state index contributed by atoms with van der Waals surface area (Å²) in [5.41, 5.74) is 5.59. The number of carboxylic acid groups (broad SMARTS) is 1. The summed E-state index contributed by atoms with van der Waals surface area (Å²) in [4.78, 5) is 45.1. The first-order chi connectivity index (χ1) is 10.7. The Morgan fingerprint density at radius 1 is 1.22 bits per heavy atom. The molecular weight excluding hydrogens is 306 g/mol. The zero-order valence-electron chi connectivity index (χ0n) is 13.4. The molecule has 2 atom stereocenters. The molecule has 0 aromatic rings. The highest BCUT2D eigenvalue weighted by Crippen LogP contribution is 2.05. The van der Waals surface area contributed by atoms with Crippen molar-refractivity contribution in [2.75, 3.05) is 13.7 Å². The summed E-state index contributed by atoms with van der Waals surface area (Å²) in [6.07, 6.45) is 2.13. The number of amides is 2. The van der Waals surface area contributed by atoms with Gasteiger partial charge in [-0.15, -0.1) is 0 Å². The fourth-order valence-corrected chi connectivity index (χ4v) is 1.55. The third-order valence-electron chi connectivity index (χ3n) is 2.73. The predicted molar refractivity (Wildman–Crippen MR) is 81.2 cm³/mol. The molecule has 0 aromatic carbocycles. The molecule has 0 aliphatic carbocycles. The molecule has 9 nitrogen and oxygen atoms in total. The molecule has 5 N–H and O–H groups in total. The Hall–Kier alpha value is -2.42. The van der Waals surface area contributed by atoms with E-state index in [1.165, 1.54) is 7.11 Å². The molecular formula is C14H23N3O6. The van der Waals surface area contributed by atoms with Gasteiger partial charge in [0.15, 0.2) is 0 Å². The highest BCUT2D eigenvalue weighted by Gasteiger charge is 2.24. The number of hydrogen-bond acceptors (Lipinski definition) is 6. The molecule has 2 amide bonds. The lowest BCUT2D eigenvalue weighted by atomic mass is 10.0. The van der Waals surface area contributed by atoms with Crippen LogP contribution in [0.25, 0.3) is 0 Å². The number of nitrogens with two attached hydrogens (primary N) is 1. The molecule has 0 aliphatic heterocycles. The number of esters is 1. The van der Waals surface area contributed by atoms with Crippen LogP contribution in [0.3, 0.4) is 0 Å². The second kappa shape index (κ2) is 10.3. The standard InChI is InChI=1S/C14H23N3O6/c1-8(2)6-10(14(21)22)17-13(20)9(15)7-16-11(18)4-5-12(19)23-3/h4-5,8-10H,6-7,15H2,1-3H3,(H,16,18)(H,17,20)(H,21,22)/b5-4-/t9-,10-/m0/s1. The Balaban J connectivity index is 4.38. The lowest BCUT2D eigenvalue weighted by molar-refractivity contribution is -0.142. The third kappa shape index (κ3) is 9.25. The SMILES string of the molecule is COC(=O)/C=C\C(=O)NC[C@H](N)C(=O)N[C@@H](CC(C)C)C(=O)O. The number of nitrogens with one attached hydrogen (secondary N) is 2. The summed E-state index contributed by atoms with van der Waals surface area (Å²) in [6.45, 7) is 3.45. The van der Waals surface area contributed by atoms with E-state index in [0.29, 0.717) is 0 Å². The maximum Gasteiger partial charge on any atom is 0.330 e. The quantitative estimate of drug-likeness (QED) is 0.306. The monoisotopic (exact) mass is 329 g/mol. The molecule has 0 heterocycles. The summed E-state index contributed by atoms with van der Waals surface area (Å²) < 4.78 is 4.31. The minimum atomic E-state index is -1.15. The Morgan fingerprint density at radius 2 is 1.83 bits per heavy atom. The van der Waals surface area contributed by atoms with Gasteiger partial charge in [0.1, 0.15) is 12.1 Å². The van der Waals surface area contributed by atoms with Crippen molar-refractivity contribution in [3.8, 4) is 0 Å². The van der Waals surface area contributed by atoms with Gasteiger partial charge >= 0.3 is 11.9 Å². The van der Waals surface area contributed by atoms with Crippen molar-refractivity contribution < 1.29 is 29.0 Å². The van der Waals surface area contributed by atoms with Gasteiger partial charge in [-0.3, -0.25) is 9.59 Å². The molecule has 0 aromatic heterocycles. The Bertz CT molecular complexity index is 475. The molecule has 130 valence electrons. The van der Waals surface area contributed by atoms with Gasteiger partial charge in [0.25, 0.3) is 0 Å². The highest BCUT2D eigenvalue weighted by molar-refractivity contribution is 5.95. The van der Waals surface area contributed by atoms with E-state index in [1.807, 2.05) is 13.8 Å². The number of carbonyl (C=O) groups excluding carboxylic acids is 3. The van der Waals surface area contributed by atoms with E-state index in [9.17, 15) is 19.2 Å². The zero-order chi connectivity index (χ0) is 18.0. The molecule has 0 aliphatic rings. The Labute approximate surface area is 134 Å². The zero-order valence-corrected chi connectivity index (χ0v) is 13.4. The van der Waals surface area contributed by atoms with Gasteiger partial charge in [-0.2, -0.15) is 0 Å². The largest absolute Gasteiger partial charge is 0.480 e. The number of aliphatic carboxylic acids is 1. The summed E-state index contributed by atoms with van der Waals surface area (Å²) in [5.74, 6) is -3.08. The average molecular weight is 329 g/mol. The van der Waals surface area contributed by atoms with Crippen molar-refractivity contribution >= 4 is 23.8 Å². The maximum absolute atomic E-state index is 11.8. The topological polar surface area (TPSA) is 148 Å². The molecule has 0 unspecified atom stereocenters. The maximum atomic E-state index is 11.8.